The fourth-order valence-corrected chi connectivity index (χ4v) is 4.57. The van der Waals surface area contributed by atoms with E-state index in [4.69, 9.17) is 42.4 Å². The van der Waals surface area contributed by atoms with Crippen LogP contribution in [0.5, 0.6) is 11.5 Å². The summed E-state index contributed by atoms with van der Waals surface area (Å²) in [6.07, 6.45) is 3.67. The number of rotatable bonds is 6. The minimum atomic E-state index is -0.234. The van der Waals surface area contributed by atoms with E-state index in [0.29, 0.717) is 39.7 Å². The van der Waals surface area contributed by atoms with Crippen molar-refractivity contribution in [2.24, 2.45) is 9.98 Å². The summed E-state index contributed by atoms with van der Waals surface area (Å²) in [6.45, 7) is 7.84. The summed E-state index contributed by atoms with van der Waals surface area (Å²) < 4.78 is 18.7. The van der Waals surface area contributed by atoms with Crippen LogP contribution >= 0.6 is 23.2 Å². The number of hydrogen-bond acceptors (Lipinski definition) is 6. The molecule has 0 spiro atoms. The van der Waals surface area contributed by atoms with Crippen molar-refractivity contribution in [3.63, 3.8) is 0 Å². The molecule has 1 atom stereocenters. The molecule has 9 nitrogen and oxygen atoms in total. The Morgan fingerprint density at radius 2 is 1.89 bits per heavy atom. The van der Waals surface area contributed by atoms with Crippen LogP contribution in [0.2, 0.25) is 10.0 Å². The van der Waals surface area contributed by atoms with E-state index < -0.39 is 0 Å². The first-order valence-corrected chi connectivity index (χ1v) is 12.1. The first-order chi connectivity index (χ1) is 17.7. The summed E-state index contributed by atoms with van der Waals surface area (Å²) >= 11 is 12.9. The molecule has 1 aliphatic rings. The number of methoxy groups -OCH3 is 2. The third-order valence-corrected chi connectivity index (χ3v) is 6.61. The van der Waals surface area contributed by atoms with E-state index in [1.54, 1.807) is 32.7 Å². The first kappa shape index (κ1) is 26.4. The number of aromatic nitrogens is 2. The Labute approximate surface area is 226 Å². The van der Waals surface area contributed by atoms with Crippen molar-refractivity contribution in [1.82, 2.24) is 14.5 Å². The second-order valence-corrected chi connectivity index (χ2v) is 9.17. The quantitative estimate of drug-likeness (QED) is 0.310. The van der Waals surface area contributed by atoms with Gasteiger partial charge in [-0.05, 0) is 44.3 Å². The summed E-state index contributed by atoms with van der Waals surface area (Å²) in [5.41, 5.74) is 3.29. The molecule has 0 saturated carbocycles. The average Bonchev–Trinajstić information content (AvgIpc) is 3.32. The molecule has 2 aromatic carbocycles. The van der Waals surface area contributed by atoms with Crippen LogP contribution in [0.3, 0.4) is 0 Å². The summed E-state index contributed by atoms with van der Waals surface area (Å²) in [5, 5.41) is 4.18. The van der Waals surface area contributed by atoms with Gasteiger partial charge in [0.25, 0.3) is 0 Å². The molecule has 0 saturated heterocycles. The molecule has 4 rings (SSSR count). The number of aryl methyl sites for hydroxylation is 1. The number of imidazole rings is 1. The van der Waals surface area contributed by atoms with E-state index in [1.165, 1.54) is 0 Å². The predicted octanol–water partition coefficient (Wildman–Crippen LogP) is 5.87. The van der Waals surface area contributed by atoms with Gasteiger partial charge >= 0.3 is 0 Å². The molecule has 2 heterocycles. The monoisotopic (exact) mass is 542 g/mol. The number of halogens is 2. The van der Waals surface area contributed by atoms with Gasteiger partial charge in [0.05, 0.1) is 43.0 Å². The Hall–Kier alpha value is -3.69. The van der Waals surface area contributed by atoms with Crippen molar-refractivity contribution in [2.45, 2.75) is 19.9 Å². The smallest absolute Gasteiger partial charge is 0.228 e. The van der Waals surface area contributed by atoms with Crippen molar-refractivity contribution in [3.8, 4) is 17.2 Å². The highest BCUT2D eigenvalue weighted by Crippen LogP contribution is 2.39. The third-order valence-electron chi connectivity index (χ3n) is 5.99. The van der Waals surface area contributed by atoms with Crippen LogP contribution in [0.15, 0.2) is 64.4 Å². The van der Waals surface area contributed by atoms with Gasteiger partial charge in [-0.15, -0.1) is 0 Å². The predicted molar refractivity (Wildman–Crippen MR) is 148 cm³/mol. The molecule has 0 fully saturated rings. The van der Waals surface area contributed by atoms with E-state index >= 15 is 0 Å². The van der Waals surface area contributed by atoms with Gasteiger partial charge in [-0.3, -0.25) is 0 Å². The molecule has 1 aliphatic heterocycles. The summed E-state index contributed by atoms with van der Waals surface area (Å²) in [7, 11) is 5.08. The summed E-state index contributed by atoms with van der Waals surface area (Å²) in [6, 6.07) is 8.93. The van der Waals surface area contributed by atoms with E-state index in [9.17, 15) is 0 Å². The molecule has 3 aromatic rings. The van der Waals surface area contributed by atoms with E-state index in [-0.39, 0.29) is 12.0 Å². The summed E-state index contributed by atoms with van der Waals surface area (Å²) in [4.78, 5) is 15.1. The SMILES string of the molecule is C=NC(=NC1=C(C)OCC(c2cc(Cl)c(OC)cc2Cl)N1C)Nc1ccc(-n2cnc(C)c2)c(OC)c1. The van der Waals surface area contributed by atoms with Crippen LogP contribution in [-0.4, -0.2) is 55.0 Å². The van der Waals surface area contributed by atoms with Gasteiger partial charge in [0, 0.05) is 36.1 Å². The van der Waals surface area contributed by atoms with Crippen molar-refractivity contribution >= 4 is 41.6 Å². The molecular formula is C26H28Cl2N6O3. The number of nitrogens with zero attached hydrogens (tertiary/aromatic N) is 5. The molecule has 0 amide bonds. The van der Waals surface area contributed by atoms with Gasteiger partial charge in [0.1, 0.15) is 23.9 Å². The number of nitrogens with one attached hydrogen (secondary N) is 1. The third kappa shape index (κ3) is 5.52. The van der Waals surface area contributed by atoms with Gasteiger partial charge in [-0.2, -0.15) is 4.99 Å². The van der Waals surface area contributed by atoms with Crippen molar-refractivity contribution in [1.29, 1.82) is 0 Å². The van der Waals surface area contributed by atoms with Crippen LogP contribution in [0, 0.1) is 6.92 Å². The standard InChI is InChI=1S/C26H28Cl2N6O3/c1-15-12-34(14-30-15)21-8-7-17(9-24(21)36-6)31-26(29-3)32-25-16(2)37-13-22(33(25)4)18-10-20(28)23(35-5)11-19(18)27/h7-12,14,22H,3,13H2,1-2,4-6H3,(H,31,32). The fraction of sp³-hybridized carbons (Fsp3) is 0.269. The number of aliphatic imine (C=N–C) groups is 2. The minimum Gasteiger partial charge on any atom is -0.495 e. The number of ether oxygens (including phenoxy) is 3. The molecule has 0 bridgehead atoms. The Bertz CT molecular complexity index is 1380. The van der Waals surface area contributed by atoms with Crippen LogP contribution in [0.4, 0.5) is 5.69 Å². The second kappa shape index (κ2) is 11.1. The lowest BCUT2D eigenvalue weighted by Crippen LogP contribution is -2.33. The van der Waals surface area contributed by atoms with Crippen LogP contribution < -0.4 is 14.8 Å². The zero-order valence-electron chi connectivity index (χ0n) is 21.2. The highest BCUT2D eigenvalue weighted by molar-refractivity contribution is 6.34. The number of guanidine groups is 1. The Morgan fingerprint density at radius 3 is 2.54 bits per heavy atom. The number of anilines is 1. The summed E-state index contributed by atoms with van der Waals surface area (Å²) in [5.74, 6) is 2.67. The van der Waals surface area contributed by atoms with Gasteiger partial charge < -0.3 is 29.0 Å². The largest absolute Gasteiger partial charge is 0.495 e. The number of hydrogen-bond donors (Lipinski definition) is 1. The fourth-order valence-electron chi connectivity index (χ4n) is 4.04. The Balaban J connectivity index is 1.61. The molecule has 37 heavy (non-hydrogen) atoms. The molecule has 1 unspecified atom stereocenters. The highest BCUT2D eigenvalue weighted by atomic mass is 35.5. The van der Waals surface area contributed by atoms with Crippen LogP contribution in [-0.2, 0) is 4.74 Å². The van der Waals surface area contributed by atoms with Crippen LogP contribution in [0.1, 0.15) is 24.2 Å². The Morgan fingerprint density at radius 1 is 1.14 bits per heavy atom. The lowest BCUT2D eigenvalue weighted by Gasteiger charge is -2.36. The van der Waals surface area contributed by atoms with Crippen molar-refractivity contribution in [3.05, 3.63) is 75.7 Å². The van der Waals surface area contributed by atoms with Gasteiger partial charge in [0.15, 0.2) is 5.82 Å². The first-order valence-electron chi connectivity index (χ1n) is 11.4. The molecule has 1 N–H and O–H groups in total. The van der Waals surface area contributed by atoms with Gasteiger partial charge in [-0.25, -0.2) is 9.98 Å². The maximum Gasteiger partial charge on any atom is 0.228 e. The average molecular weight is 543 g/mol. The molecule has 1 aromatic heterocycles. The van der Waals surface area contributed by atoms with Gasteiger partial charge in [-0.1, -0.05) is 23.2 Å². The number of benzene rings is 2. The second-order valence-electron chi connectivity index (χ2n) is 8.35. The zero-order chi connectivity index (χ0) is 26.7. The molecule has 194 valence electrons. The molecular weight excluding hydrogens is 515 g/mol. The van der Waals surface area contributed by atoms with Crippen LogP contribution in [0.25, 0.3) is 5.69 Å². The maximum absolute atomic E-state index is 6.56. The highest BCUT2D eigenvalue weighted by Gasteiger charge is 2.29. The van der Waals surface area contributed by atoms with E-state index in [2.05, 4.69) is 22.0 Å². The van der Waals surface area contributed by atoms with Crippen molar-refractivity contribution < 1.29 is 14.2 Å². The lowest BCUT2D eigenvalue weighted by atomic mass is 10.0. The topological polar surface area (TPSA) is 85.5 Å². The van der Waals surface area contributed by atoms with Gasteiger partial charge in [0.2, 0.25) is 5.96 Å². The Kier molecular flexibility index (Phi) is 7.94. The molecule has 0 aliphatic carbocycles. The molecule has 11 heteroatoms. The molecule has 0 radical (unpaired) electrons. The minimum absolute atomic E-state index is 0.234. The normalized spacial score (nSPS) is 15.9. The van der Waals surface area contributed by atoms with E-state index in [0.717, 1.165) is 22.6 Å². The number of likely N-dealkylation sites (N-methyl/N-ethyl adjacent to an activating group) is 1. The lowest BCUT2D eigenvalue weighted by molar-refractivity contribution is 0.0901. The number of allylic oxidation sites excluding steroid dienone is 1. The van der Waals surface area contributed by atoms with E-state index in [1.807, 2.05) is 54.8 Å². The maximum atomic E-state index is 6.56. The van der Waals surface area contributed by atoms with Crippen molar-refractivity contribution in [2.75, 3.05) is 33.2 Å². The zero-order valence-corrected chi connectivity index (χ0v) is 22.8.